The van der Waals surface area contributed by atoms with Crippen molar-refractivity contribution in [1.29, 1.82) is 0 Å². The fourth-order valence-electron chi connectivity index (χ4n) is 1.86. The second-order valence-electron chi connectivity index (χ2n) is 4.19. The number of aromatic nitrogens is 3. The molecule has 1 aromatic heterocycles. The average molecular weight is 307 g/mol. The fraction of sp³-hybridized carbons (Fsp3) is 0.357. The van der Waals surface area contributed by atoms with Crippen LogP contribution in [-0.2, 0) is 9.53 Å². The second kappa shape index (κ2) is 7.12. The lowest BCUT2D eigenvalue weighted by atomic mass is 10.3. The zero-order valence-electron chi connectivity index (χ0n) is 12.1. The Bertz CT molecular complexity index is 615. The molecule has 0 saturated heterocycles. The van der Waals surface area contributed by atoms with E-state index in [1.165, 1.54) is 18.9 Å². The lowest BCUT2D eigenvalue weighted by molar-refractivity contribution is -0.140. The molecule has 0 aliphatic carbocycles. The lowest BCUT2D eigenvalue weighted by Gasteiger charge is -2.14. The van der Waals surface area contributed by atoms with E-state index < -0.39 is 0 Å². The summed E-state index contributed by atoms with van der Waals surface area (Å²) in [7, 11) is 3.00. The Labute approximate surface area is 127 Å². The minimum Gasteiger partial charge on any atom is -0.495 e. The van der Waals surface area contributed by atoms with Crippen LogP contribution in [0.15, 0.2) is 35.7 Å². The van der Waals surface area contributed by atoms with E-state index in [2.05, 4.69) is 10.2 Å². The van der Waals surface area contributed by atoms with Gasteiger partial charge in [0.25, 0.3) is 0 Å². The van der Waals surface area contributed by atoms with Crippen LogP contribution in [0, 0.1) is 0 Å². The van der Waals surface area contributed by atoms with Gasteiger partial charge in [-0.15, -0.1) is 10.2 Å². The van der Waals surface area contributed by atoms with E-state index in [1.807, 2.05) is 31.2 Å². The molecule has 1 heterocycles. The summed E-state index contributed by atoms with van der Waals surface area (Å²) in [5.74, 6) is 0.447. The van der Waals surface area contributed by atoms with E-state index in [1.54, 1.807) is 18.0 Å². The number of esters is 1. The van der Waals surface area contributed by atoms with Crippen molar-refractivity contribution < 1.29 is 14.3 Å². The van der Waals surface area contributed by atoms with Gasteiger partial charge in [0.1, 0.15) is 17.3 Å². The van der Waals surface area contributed by atoms with Crippen molar-refractivity contribution in [2.75, 3.05) is 14.2 Å². The molecule has 112 valence electrons. The van der Waals surface area contributed by atoms with Crippen LogP contribution in [0.3, 0.4) is 0 Å². The third kappa shape index (κ3) is 3.36. The second-order valence-corrected chi connectivity index (χ2v) is 5.36. The number of thioether (sulfide) groups is 1. The monoisotopic (exact) mass is 307 g/mol. The molecule has 2 aromatic rings. The number of hydrogen-bond acceptors (Lipinski definition) is 6. The Kier molecular flexibility index (Phi) is 5.21. The molecule has 1 unspecified atom stereocenters. The molecule has 0 saturated carbocycles. The maximum Gasteiger partial charge on any atom is 0.319 e. The predicted molar refractivity (Wildman–Crippen MR) is 79.9 cm³/mol. The minimum atomic E-state index is -0.312. The molecule has 0 amide bonds. The number of ether oxygens (including phenoxy) is 2. The van der Waals surface area contributed by atoms with Crippen molar-refractivity contribution >= 4 is 17.7 Å². The molecule has 0 radical (unpaired) electrons. The van der Waals surface area contributed by atoms with E-state index in [0.29, 0.717) is 17.3 Å². The first-order valence-corrected chi connectivity index (χ1v) is 7.37. The topological polar surface area (TPSA) is 66.2 Å². The number of hydrogen-bond donors (Lipinski definition) is 0. The van der Waals surface area contributed by atoms with E-state index >= 15 is 0 Å². The van der Waals surface area contributed by atoms with Gasteiger partial charge < -0.3 is 9.47 Å². The normalized spacial score (nSPS) is 12.0. The Morgan fingerprint density at radius 1 is 1.38 bits per heavy atom. The van der Waals surface area contributed by atoms with Crippen LogP contribution in [0.1, 0.15) is 13.3 Å². The summed E-state index contributed by atoms with van der Waals surface area (Å²) in [6.07, 6.45) is 2.25. The maximum atomic E-state index is 11.7. The molecule has 21 heavy (non-hydrogen) atoms. The molecule has 0 aliphatic rings. The Morgan fingerprint density at radius 3 is 2.81 bits per heavy atom. The smallest absolute Gasteiger partial charge is 0.319 e. The zero-order chi connectivity index (χ0) is 15.2. The lowest BCUT2D eigenvalue weighted by Crippen LogP contribution is -2.18. The van der Waals surface area contributed by atoms with Crippen molar-refractivity contribution in [1.82, 2.24) is 14.8 Å². The van der Waals surface area contributed by atoms with Gasteiger partial charge in [-0.2, -0.15) is 0 Å². The zero-order valence-corrected chi connectivity index (χ0v) is 13.0. The van der Waals surface area contributed by atoms with E-state index in [9.17, 15) is 4.79 Å². The number of benzene rings is 1. The SMILES string of the molecule is CCC(Sc1nncn1-c1ccccc1OC)C(=O)OC. The summed E-state index contributed by atoms with van der Waals surface area (Å²) in [6, 6.07) is 7.57. The molecule has 6 nitrogen and oxygen atoms in total. The van der Waals surface area contributed by atoms with Crippen LogP contribution in [0.25, 0.3) is 5.69 Å². The van der Waals surface area contributed by atoms with E-state index in [0.717, 1.165) is 5.69 Å². The largest absolute Gasteiger partial charge is 0.495 e. The van der Waals surface area contributed by atoms with Crippen molar-refractivity contribution in [2.24, 2.45) is 0 Å². The maximum absolute atomic E-state index is 11.7. The van der Waals surface area contributed by atoms with Crippen molar-refractivity contribution in [3.05, 3.63) is 30.6 Å². The van der Waals surface area contributed by atoms with Gasteiger partial charge in [0, 0.05) is 0 Å². The first kappa shape index (κ1) is 15.4. The number of rotatable bonds is 6. The van der Waals surface area contributed by atoms with Crippen LogP contribution in [0.5, 0.6) is 5.75 Å². The first-order chi connectivity index (χ1) is 10.2. The summed E-state index contributed by atoms with van der Waals surface area (Å²) in [4.78, 5) is 11.7. The van der Waals surface area contributed by atoms with Crippen LogP contribution < -0.4 is 4.74 Å². The van der Waals surface area contributed by atoms with Gasteiger partial charge in [-0.3, -0.25) is 9.36 Å². The van der Waals surface area contributed by atoms with E-state index in [4.69, 9.17) is 9.47 Å². The standard InChI is InChI=1S/C14H17N3O3S/c1-4-12(13(18)20-3)21-14-16-15-9-17(14)10-7-5-6-8-11(10)19-2/h5-9,12H,4H2,1-3H3. The van der Waals surface area contributed by atoms with Crippen LogP contribution in [-0.4, -0.2) is 40.2 Å². The van der Waals surface area contributed by atoms with Gasteiger partial charge in [0.2, 0.25) is 0 Å². The number of para-hydroxylation sites is 2. The third-order valence-corrected chi connectivity index (χ3v) is 4.24. The van der Waals surface area contributed by atoms with Crippen LogP contribution in [0.4, 0.5) is 0 Å². The molecule has 0 spiro atoms. The molecule has 1 atom stereocenters. The Hall–Kier alpha value is -2.02. The summed E-state index contributed by atoms with van der Waals surface area (Å²) in [6.45, 7) is 1.93. The highest BCUT2D eigenvalue weighted by molar-refractivity contribution is 8.00. The van der Waals surface area contributed by atoms with Gasteiger partial charge in [-0.05, 0) is 18.6 Å². The van der Waals surface area contributed by atoms with Gasteiger partial charge in [-0.25, -0.2) is 0 Å². The summed E-state index contributed by atoms with van der Waals surface area (Å²) >= 11 is 1.33. The molecule has 1 aromatic carbocycles. The van der Waals surface area contributed by atoms with Crippen molar-refractivity contribution in [2.45, 2.75) is 23.8 Å². The number of carbonyl (C=O) groups is 1. The molecule has 0 N–H and O–H groups in total. The predicted octanol–water partition coefficient (Wildman–Crippen LogP) is 2.32. The molecule has 0 bridgehead atoms. The highest BCUT2D eigenvalue weighted by Gasteiger charge is 2.22. The Balaban J connectivity index is 2.32. The quantitative estimate of drug-likeness (QED) is 0.603. The molecule has 0 aliphatic heterocycles. The van der Waals surface area contributed by atoms with Crippen molar-refractivity contribution in [3.63, 3.8) is 0 Å². The third-order valence-electron chi connectivity index (χ3n) is 2.94. The molecule has 2 rings (SSSR count). The molecule has 7 heteroatoms. The molecular weight excluding hydrogens is 290 g/mol. The van der Waals surface area contributed by atoms with Gasteiger partial charge >= 0.3 is 5.97 Å². The number of nitrogens with zero attached hydrogens (tertiary/aromatic N) is 3. The van der Waals surface area contributed by atoms with Gasteiger partial charge in [0.05, 0.1) is 19.9 Å². The average Bonchev–Trinajstić information content (AvgIpc) is 2.99. The van der Waals surface area contributed by atoms with Crippen molar-refractivity contribution in [3.8, 4) is 11.4 Å². The summed E-state index contributed by atoms with van der Waals surface area (Å²) in [5.41, 5.74) is 0.826. The minimum absolute atomic E-state index is 0.267. The summed E-state index contributed by atoms with van der Waals surface area (Å²) in [5, 5.41) is 8.33. The first-order valence-electron chi connectivity index (χ1n) is 6.49. The molecule has 0 fully saturated rings. The van der Waals surface area contributed by atoms with Gasteiger partial charge in [-0.1, -0.05) is 30.8 Å². The number of methoxy groups -OCH3 is 2. The highest BCUT2D eigenvalue weighted by atomic mass is 32.2. The fourth-order valence-corrected chi connectivity index (χ4v) is 2.82. The van der Waals surface area contributed by atoms with E-state index in [-0.39, 0.29) is 11.2 Å². The number of carbonyl (C=O) groups excluding carboxylic acids is 1. The molecular formula is C14H17N3O3S. The van der Waals surface area contributed by atoms with Crippen LogP contribution >= 0.6 is 11.8 Å². The Morgan fingerprint density at radius 2 is 2.14 bits per heavy atom. The van der Waals surface area contributed by atoms with Crippen LogP contribution in [0.2, 0.25) is 0 Å². The highest BCUT2D eigenvalue weighted by Crippen LogP contribution is 2.29. The van der Waals surface area contributed by atoms with Gasteiger partial charge in [0.15, 0.2) is 5.16 Å². The summed E-state index contributed by atoms with van der Waals surface area (Å²) < 4.78 is 11.9.